The fraction of sp³-hybridized carbons (Fsp3) is 0. The Hall–Kier alpha value is 0.699. The topological polar surface area (TPSA) is 35.0 Å². The maximum Gasteiger partial charge on any atom is 0 e. The van der Waals surface area contributed by atoms with E-state index in [2.05, 4.69) is 0 Å². The summed E-state index contributed by atoms with van der Waals surface area (Å²) >= 11 is 0. The van der Waals surface area contributed by atoms with E-state index in [1.807, 2.05) is 0 Å². The second-order valence-corrected chi connectivity index (χ2v) is 0. The van der Waals surface area contributed by atoms with Gasteiger partial charge in [0.1, 0.15) is 0 Å². The molecule has 0 aliphatic rings. The first-order valence-electron chi connectivity index (χ1n) is 0. The maximum atomic E-state index is 0. The summed E-state index contributed by atoms with van der Waals surface area (Å²) in [5, 5.41) is 0. The van der Waals surface area contributed by atoms with Crippen molar-refractivity contribution in [3.05, 3.63) is 0 Å². The van der Waals surface area contributed by atoms with Gasteiger partial charge in [-0.25, -0.2) is 0 Å². The van der Waals surface area contributed by atoms with Crippen molar-refractivity contribution in [1.29, 1.82) is 0 Å². The number of halogens is 2. The van der Waals surface area contributed by atoms with Gasteiger partial charge in [-0.15, -0.1) is 12.4 Å². The van der Waals surface area contributed by atoms with E-state index in [0.717, 1.165) is 0 Å². The predicted octanol–water partition coefficient (Wildman–Crippen LogP) is 0.734. The molecule has 0 amide bonds. The van der Waals surface area contributed by atoms with Crippen molar-refractivity contribution in [2.75, 3.05) is 0 Å². The molecule has 0 saturated heterocycles. The van der Waals surface area contributed by atoms with Crippen molar-refractivity contribution in [3.8, 4) is 0 Å². The molecule has 0 aromatic carbocycles. The van der Waals surface area contributed by atoms with E-state index in [1.165, 1.54) is 0 Å². The molecule has 0 aliphatic heterocycles. The monoisotopic (exact) mass is 129 g/mol. The minimum Gasteiger partial charge on any atom is -0.344 e. The van der Waals surface area contributed by atoms with Gasteiger partial charge in [-0.05, 0) is 0 Å². The SMILES string of the molecule is Cl.F.N.[Fe]. The molecule has 0 radical (unpaired) electrons. The van der Waals surface area contributed by atoms with E-state index in [4.69, 9.17) is 0 Å². The molecule has 0 saturated carbocycles. The summed E-state index contributed by atoms with van der Waals surface area (Å²) in [6.07, 6.45) is 0. The fourth-order valence-corrected chi connectivity index (χ4v) is 0. The minimum atomic E-state index is 0. The van der Waals surface area contributed by atoms with Crippen LogP contribution in [0, 0.1) is 0 Å². The van der Waals surface area contributed by atoms with Crippen LogP contribution in [0.25, 0.3) is 0 Å². The summed E-state index contributed by atoms with van der Waals surface area (Å²) in [5.74, 6) is 0. The van der Waals surface area contributed by atoms with E-state index in [0.29, 0.717) is 0 Å². The zero-order valence-corrected chi connectivity index (χ0v) is 3.80. The first-order valence-corrected chi connectivity index (χ1v) is 0. The van der Waals surface area contributed by atoms with Gasteiger partial charge in [0, 0.05) is 17.1 Å². The van der Waals surface area contributed by atoms with Gasteiger partial charge >= 0.3 is 0 Å². The van der Waals surface area contributed by atoms with Crippen LogP contribution in [0.4, 0.5) is 4.70 Å². The number of rotatable bonds is 0. The first-order chi connectivity index (χ1) is 0. The van der Waals surface area contributed by atoms with E-state index < -0.39 is 0 Å². The molecule has 0 bridgehead atoms. The summed E-state index contributed by atoms with van der Waals surface area (Å²) < 4.78 is 0. The van der Waals surface area contributed by atoms with E-state index in [-0.39, 0.29) is 40.3 Å². The molecular weight excluding hydrogens is 124 g/mol. The van der Waals surface area contributed by atoms with Crippen LogP contribution in [0.2, 0.25) is 0 Å². The third-order valence-electron chi connectivity index (χ3n) is 0. The van der Waals surface area contributed by atoms with Crippen LogP contribution in [0.1, 0.15) is 0 Å². The molecule has 32 valence electrons. The average molecular weight is 129 g/mol. The van der Waals surface area contributed by atoms with Crippen LogP contribution >= 0.6 is 12.4 Å². The van der Waals surface area contributed by atoms with Crippen molar-refractivity contribution in [2.45, 2.75) is 0 Å². The fourth-order valence-electron chi connectivity index (χ4n) is 0. The Balaban J connectivity index is 0. The summed E-state index contributed by atoms with van der Waals surface area (Å²) in [6.45, 7) is 0. The zero-order chi connectivity index (χ0) is 0. The minimum absolute atomic E-state index is 0. The van der Waals surface area contributed by atoms with Gasteiger partial charge in [-0.3, -0.25) is 4.70 Å². The average Bonchev–Trinajstić information content (AvgIpc) is 0. The molecule has 0 spiro atoms. The first kappa shape index (κ1) is 131. The predicted molar refractivity (Wildman–Crippen MR) is 14.8 cm³/mol. The van der Waals surface area contributed by atoms with Crippen LogP contribution in [-0.2, 0) is 17.1 Å². The zero-order valence-electron chi connectivity index (χ0n) is 1.88. The Morgan fingerprint density at radius 3 is 1.00 bits per heavy atom. The third kappa shape index (κ3) is 15.9. The quantitative estimate of drug-likeness (QED) is 0.481. The smallest absolute Gasteiger partial charge is 0 e. The molecule has 3 N–H and O–H groups in total. The summed E-state index contributed by atoms with van der Waals surface area (Å²) in [5.41, 5.74) is 0. The Morgan fingerprint density at radius 2 is 1.00 bits per heavy atom. The molecule has 0 rings (SSSR count). The standard InChI is InChI=1S/ClH.FH.Fe.H3N/h2*1H;;1H3. The molecule has 4 heteroatoms. The summed E-state index contributed by atoms with van der Waals surface area (Å²) in [6, 6.07) is 0. The Bertz CT molecular complexity index is 8.00. The van der Waals surface area contributed by atoms with Crippen LogP contribution in [0.15, 0.2) is 0 Å². The molecule has 0 unspecified atom stereocenters. The van der Waals surface area contributed by atoms with Gasteiger partial charge < -0.3 is 6.15 Å². The van der Waals surface area contributed by atoms with Crippen molar-refractivity contribution in [3.63, 3.8) is 0 Å². The van der Waals surface area contributed by atoms with Gasteiger partial charge in [0.2, 0.25) is 0 Å². The maximum absolute atomic E-state index is 0. The van der Waals surface area contributed by atoms with Crippen LogP contribution in [0.5, 0.6) is 0 Å². The Morgan fingerprint density at radius 1 is 1.00 bits per heavy atom. The van der Waals surface area contributed by atoms with Gasteiger partial charge in [-0.2, -0.15) is 0 Å². The molecule has 0 aromatic heterocycles. The Labute approximate surface area is 41.0 Å². The van der Waals surface area contributed by atoms with Gasteiger partial charge in [0.15, 0.2) is 0 Å². The second kappa shape index (κ2) is 55.1. The van der Waals surface area contributed by atoms with E-state index in [9.17, 15) is 0 Å². The molecule has 1 nitrogen and oxygen atoms in total. The van der Waals surface area contributed by atoms with Crippen LogP contribution < -0.4 is 6.15 Å². The molecule has 0 aliphatic carbocycles. The van der Waals surface area contributed by atoms with Crippen molar-refractivity contribution in [2.24, 2.45) is 0 Å². The molecule has 0 fully saturated rings. The molecule has 0 atom stereocenters. The van der Waals surface area contributed by atoms with E-state index >= 15 is 0 Å². The second-order valence-electron chi connectivity index (χ2n) is 0. The van der Waals surface area contributed by atoms with Crippen molar-refractivity contribution < 1.29 is 21.8 Å². The Kier molecular flexibility index (Phi) is 1810. The van der Waals surface area contributed by atoms with Crippen molar-refractivity contribution in [1.82, 2.24) is 6.15 Å². The summed E-state index contributed by atoms with van der Waals surface area (Å²) in [4.78, 5) is 0. The van der Waals surface area contributed by atoms with Crippen LogP contribution in [0.3, 0.4) is 0 Å². The molecular formula is H5ClFFeN. The van der Waals surface area contributed by atoms with Gasteiger partial charge in [-0.1, -0.05) is 0 Å². The van der Waals surface area contributed by atoms with Crippen molar-refractivity contribution >= 4 is 12.4 Å². The van der Waals surface area contributed by atoms with Crippen LogP contribution in [-0.4, -0.2) is 0 Å². The van der Waals surface area contributed by atoms with Gasteiger partial charge in [0.25, 0.3) is 0 Å². The number of hydrogen-bond donors (Lipinski definition) is 1. The molecule has 0 heterocycles. The molecule has 4 heavy (non-hydrogen) atoms. The van der Waals surface area contributed by atoms with E-state index in [1.54, 1.807) is 0 Å². The number of hydrogen-bond acceptors (Lipinski definition) is 1. The molecule has 0 aromatic rings. The normalized spacial score (nSPS) is 0. The van der Waals surface area contributed by atoms with Gasteiger partial charge in [0.05, 0.1) is 0 Å². The largest absolute Gasteiger partial charge is 0.344 e. The third-order valence-corrected chi connectivity index (χ3v) is 0. The summed E-state index contributed by atoms with van der Waals surface area (Å²) in [7, 11) is 0.